The van der Waals surface area contributed by atoms with Gasteiger partial charge in [0.2, 0.25) is 0 Å². The number of hydrogen-bond acceptors (Lipinski definition) is 3. The van der Waals surface area contributed by atoms with Gasteiger partial charge in [-0.25, -0.2) is 4.79 Å². The van der Waals surface area contributed by atoms with Gasteiger partial charge in [-0.3, -0.25) is 0 Å². The number of carbonyl (C=O) groups excluding carboxylic acids is 1. The lowest BCUT2D eigenvalue weighted by Gasteiger charge is -2.19. The average Bonchev–Trinajstić information content (AvgIpc) is 3.41. The molecule has 164 valence electrons. The van der Waals surface area contributed by atoms with Gasteiger partial charge in [-0.05, 0) is 67.1 Å². The average molecular weight is 431 g/mol. The van der Waals surface area contributed by atoms with Gasteiger partial charge >= 0.3 is 12.1 Å². The van der Waals surface area contributed by atoms with E-state index in [0.717, 1.165) is 36.6 Å². The van der Waals surface area contributed by atoms with E-state index in [1.54, 1.807) is 43.3 Å². The topological polar surface area (TPSA) is 51.3 Å². The maximum Gasteiger partial charge on any atom is 0.416 e. The number of aromatic nitrogens is 1. The van der Waals surface area contributed by atoms with Crippen LogP contribution in [0.25, 0.3) is 10.9 Å². The lowest BCUT2D eigenvalue weighted by Crippen LogP contribution is -2.12. The summed E-state index contributed by atoms with van der Waals surface area (Å²) >= 11 is 0. The van der Waals surface area contributed by atoms with Crippen LogP contribution in [0.4, 0.5) is 13.2 Å². The highest BCUT2D eigenvalue weighted by Gasteiger charge is 2.36. The summed E-state index contributed by atoms with van der Waals surface area (Å²) in [5, 5.41) is 0.758. The van der Waals surface area contributed by atoms with Crippen LogP contribution in [-0.2, 0) is 17.5 Å². The molecule has 4 nitrogen and oxygen atoms in total. The minimum atomic E-state index is -4.39. The zero-order chi connectivity index (χ0) is 22.0. The van der Waals surface area contributed by atoms with Gasteiger partial charge in [0.1, 0.15) is 18.1 Å². The van der Waals surface area contributed by atoms with Crippen molar-refractivity contribution in [2.24, 2.45) is 0 Å². The molecule has 0 unspecified atom stereocenters. The first-order chi connectivity index (χ1) is 14.8. The molecular weight excluding hydrogens is 407 g/mol. The molecule has 0 bridgehead atoms. The van der Waals surface area contributed by atoms with Gasteiger partial charge < -0.3 is 14.5 Å². The van der Waals surface area contributed by atoms with E-state index in [-0.39, 0.29) is 19.1 Å². The van der Waals surface area contributed by atoms with Crippen molar-refractivity contribution in [2.45, 2.75) is 51.3 Å². The Morgan fingerprint density at radius 3 is 2.58 bits per heavy atom. The van der Waals surface area contributed by atoms with Crippen molar-refractivity contribution < 1.29 is 27.4 Å². The molecule has 31 heavy (non-hydrogen) atoms. The van der Waals surface area contributed by atoms with E-state index >= 15 is 0 Å². The molecule has 2 aromatic carbocycles. The molecule has 4 rings (SSSR count). The van der Waals surface area contributed by atoms with Gasteiger partial charge in [0.15, 0.2) is 0 Å². The Hall–Kier alpha value is -2.96. The fraction of sp³-hybridized carbons (Fsp3) is 0.375. The van der Waals surface area contributed by atoms with Crippen molar-refractivity contribution in [1.82, 2.24) is 4.98 Å². The highest BCUT2D eigenvalue weighted by Crippen LogP contribution is 2.42. The molecule has 0 aliphatic heterocycles. The number of carbonyl (C=O) groups is 1. The molecule has 1 aliphatic rings. The zero-order valence-electron chi connectivity index (χ0n) is 17.2. The highest BCUT2D eigenvalue weighted by atomic mass is 19.4. The molecule has 1 heterocycles. The standard InChI is InChI=1S/C24H24F3NO3/c1-2-30-23(29)22-13-17-12-18(8-10-21(17)28-22)31-14-15-7-9-19(16-5-3-4-6-16)20(11-15)24(25,26)27/h7-13,16,28H,2-6,14H2,1H3. The number of alkyl halides is 3. The summed E-state index contributed by atoms with van der Waals surface area (Å²) in [5.41, 5.74) is 1.40. The summed E-state index contributed by atoms with van der Waals surface area (Å²) in [7, 11) is 0. The van der Waals surface area contributed by atoms with Crippen LogP contribution in [-0.4, -0.2) is 17.6 Å². The summed E-state index contributed by atoms with van der Waals surface area (Å²) in [6, 6.07) is 11.4. The molecule has 0 radical (unpaired) electrons. The molecule has 0 atom stereocenters. The van der Waals surface area contributed by atoms with E-state index in [4.69, 9.17) is 9.47 Å². The smallest absolute Gasteiger partial charge is 0.416 e. The predicted octanol–water partition coefficient (Wildman–Crippen LogP) is 6.60. The second kappa shape index (κ2) is 8.65. The van der Waals surface area contributed by atoms with E-state index in [1.165, 1.54) is 6.07 Å². The predicted molar refractivity (Wildman–Crippen MR) is 111 cm³/mol. The number of hydrogen-bond donors (Lipinski definition) is 1. The Kier molecular flexibility index (Phi) is 5.94. The Morgan fingerprint density at radius 1 is 1.10 bits per heavy atom. The molecule has 0 spiro atoms. The second-order valence-electron chi connectivity index (χ2n) is 7.84. The highest BCUT2D eigenvalue weighted by molar-refractivity contribution is 5.95. The number of rotatable bonds is 6. The summed E-state index contributed by atoms with van der Waals surface area (Å²) in [4.78, 5) is 14.9. The first-order valence-corrected chi connectivity index (χ1v) is 10.5. The van der Waals surface area contributed by atoms with Crippen LogP contribution in [0.15, 0.2) is 42.5 Å². The molecule has 1 saturated carbocycles. The minimum absolute atomic E-state index is 0.0174. The van der Waals surface area contributed by atoms with Crippen LogP contribution < -0.4 is 4.74 Å². The van der Waals surface area contributed by atoms with Gasteiger partial charge in [0.25, 0.3) is 0 Å². The number of halogens is 3. The van der Waals surface area contributed by atoms with Crippen LogP contribution in [0.2, 0.25) is 0 Å². The number of nitrogens with one attached hydrogen (secondary N) is 1. The quantitative estimate of drug-likeness (QED) is 0.448. The van der Waals surface area contributed by atoms with Crippen LogP contribution in [0.3, 0.4) is 0 Å². The van der Waals surface area contributed by atoms with Crippen LogP contribution in [0.5, 0.6) is 5.75 Å². The third kappa shape index (κ3) is 4.70. The molecule has 3 aromatic rings. The largest absolute Gasteiger partial charge is 0.489 e. The lowest BCUT2D eigenvalue weighted by atomic mass is 9.91. The third-order valence-corrected chi connectivity index (χ3v) is 5.71. The van der Waals surface area contributed by atoms with Crippen molar-refractivity contribution >= 4 is 16.9 Å². The molecule has 1 aliphatic carbocycles. The number of esters is 1. The molecule has 1 aromatic heterocycles. The fourth-order valence-electron chi connectivity index (χ4n) is 4.22. The van der Waals surface area contributed by atoms with Crippen molar-refractivity contribution in [3.63, 3.8) is 0 Å². The molecule has 1 N–H and O–H groups in total. The third-order valence-electron chi connectivity index (χ3n) is 5.71. The summed E-state index contributed by atoms with van der Waals surface area (Å²) in [6.45, 7) is 2.04. The van der Waals surface area contributed by atoms with E-state index in [9.17, 15) is 18.0 Å². The van der Waals surface area contributed by atoms with Crippen LogP contribution in [0.1, 0.15) is 65.7 Å². The van der Waals surface area contributed by atoms with Gasteiger partial charge in [-0.15, -0.1) is 0 Å². The maximum atomic E-state index is 13.7. The van der Waals surface area contributed by atoms with E-state index < -0.39 is 17.7 Å². The first-order valence-electron chi connectivity index (χ1n) is 10.5. The van der Waals surface area contributed by atoms with Crippen LogP contribution in [0, 0.1) is 0 Å². The normalized spacial score (nSPS) is 14.8. The van der Waals surface area contributed by atoms with Crippen molar-refractivity contribution in [2.75, 3.05) is 6.61 Å². The van der Waals surface area contributed by atoms with E-state index in [2.05, 4.69) is 4.98 Å². The zero-order valence-corrected chi connectivity index (χ0v) is 17.2. The molecule has 7 heteroatoms. The van der Waals surface area contributed by atoms with Crippen molar-refractivity contribution in [3.05, 3.63) is 64.8 Å². The first kappa shape index (κ1) is 21.3. The summed E-state index contributed by atoms with van der Waals surface area (Å²) < 4.78 is 51.7. The van der Waals surface area contributed by atoms with Gasteiger partial charge in [-0.1, -0.05) is 25.0 Å². The maximum absolute atomic E-state index is 13.7. The number of fused-ring (bicyclic) bond motifs is 1. The molecule has 0 amide bonds. The Balaban J connectivity index is 1.52. The minimum Gasteiger partial charge on any atom is -0.489 e. The number of benzene rings is 2. The van der Waals surface area contributed by atoms with Crippen LogP contribution >= 0.6 is 0 Å². The molecular formula is C24H24F3NO3. The van der Waals surface area contributed by atoms with E-state index in [1.807, 2.05) is 0 Å². The SMILES string of the molecule is CCOC(=O)c1cc2cc(OCc3ccc(C4CCCC4)c(C(F)(F)F)c3)ccc2[nH]1. The van der Waals surface area contributed by atoms with Gasteiger partial charge in [0.05, 0.1) is 12.2 Å². The molecule has 1 fully saturated rings. The monoisotopic (exact) mass is 431 g/mol. The van der Waals surface area contributed by atoms with Gasteiger partial charge in [-0.2, -0.15) is 13.2 Å². The van der Waals surface area contributed by atoms with Crippen molar-refractivity contribution in [1.29, 1.82) is 0 Å². The summed E-state index contributed by atoms with van der Waals surface area (Å²) in [6.07, 6.45) is -0.813. The van der Waals surface area contributed by atoms with Gasteiger partial charge in [0, 0.05) is 10.9 Å². The van der Waals surface area contributed by atoms with E-state index in [0.29, 0.717) is 22.6 Å². The summed E-state index contributed by atoms with van der Waals surface area (Å²) in [5.74, 6) is 0.0507. The Labute approximate surface area is 178 Å². The fourth-order valence-corrected chi connectivity index (χ4v) is 4.22. The second-order valence-corrected chi connectivity index (χ2v) is 7.84. The number of ether oxygens (including phenoxy) is 2. The number of aromatic amines is 1. The molecule has 0 saturated heterocycles. The number of H-pyrrole nitrogens is 1. The van der Waals surface area contributed by atoms with Crippen molar-refractivity contribution in [3.8, 4) is 5.75 Å². The Morgan fingerprint density at radius 2 is 1.87 bits per heavy atom. The lowest BCUT2D eigenvalue weighted by molar-refractivity contribution is -0.138. The Bertz CT molecular complexity index is 1080.